The van der Waals surface area contributed by atoms with E-state index in [-0.39, 0.29) is 33.5 Å². The molecule has 0 amide bonds. The fourth-order valence-corrected chi connectivity index (χ4v) is 15.0. The van der Waals surface area contributed by atoms with E-state index in [1.54, 1.807) is 0 Å². The van der Waals surface area contributed by atoms with Crippen molar-refractivity contribution >= 4 is 5.97 Å². The summed E-state index contributed by atoms with van der Waals surface area (Å²) in [5.74, 6) is -0.0497. The van der Waals surface area contributed by atoms with Crippen molar-refractivity contribution in [2.45, 2.75) is 218 Å². The fourth-order valence-electron chi connectivity index (χ4n) is 15.0. The third kappa shape index (κ3) is 7.90. The van der Waals surface area contributed by atoms with Gasteiger partial charge in [-0.25, -0.2) is 0 Å². The molecule has 5 aliphatic carbocycles. The van der Waals surface area contributed by atoms with Crippen molar-refractivity contribution < 1.29 is 84.3 Å². The second kappa shape index (κ2) is 17.5. The Labute approximate surface area is 382 Å². The van der Waals surface area contributed by atoms with Gasteiger partial charge in [-0.15, -0.1) is 0 Å². The van der Waals surface area contributed by atoms with E-state index >= 15 is 0 Å². The van der Waals surface area contributed by atoms with Crippen LogP contribution in [-0.2, 0) is 33.2 Å². The van der Waals surface area contributed by atoms with Crippen LogP contribution in [0.2, 0.25) is 0 Å². The normalized spacial score (nSPS) is 54.0. The van der Waals surface area contributed by atoms with E-state index in [0.717, 1.165) is 51.4 Å². The number of carboxylic acid groups (broad SMARTS) is 1. The summed E-state index contributed by atoms with van der Waals surface area (Å²) in [5.41, 5.74) is 0.0813. The third-order valence-electron chi connectivity index (χ3n) is 19.3. The van der Waals surface area contributed by atoms with Crippen LogP contribution in [0.3, 0.4) is 0 Å². The summed E-state index contributed by atoms with van der Waals surface area (Å²) >= 11 is 0. The Morgan fingerprint density at radius 2 is 1.29 bits per heavy atom. The molecule has 23 atom stereocenters. The molecule has 0 spiro atoms. The van der Waals surface area contributed by atoms with Crippen molar-refractivity contribution in [2.75, 3.05) is 13.2 Å². The molecule has 0 radical (unpaired) electrons. The highest BCUT2D eigenvalue weighted by Gasteiger charge is 2.70. The van der Waals surface area contributed by atoms with E-state index in [4.69, 9.17) is 28.4 Å². The highest BCUT2D eigenvalue weighted by Crippen LogP contribution is 2.76. The summed E-state index contributed by atoms with van der Waals surface area (Å²) in [4.78, 5) is 13.1. The first-order valence-electron chi connectivity index (χ1n) is 24.2. The number of ether oxygens (including phenoxy) is 6. The van der Waals surface area contributed by atoms with Crippen LogP contribution in [0.4, 0.5) is 0 Å². The number of aliphatic hydroxyl groups is 9. The predicted octanol–water partition coefficient (Wildman–Crippen LogP) is 1.73. The molecule has 65 heavy (non-hydrogen) atoms. The van der Waals surface area contributed by atoms with Gasteiger partial charge in [0.05, 0.1) is 30.8 Å². The largest absolute Gasteiger partial charge is 0.481 e. The summed E-state index contributed by atoms with van der Waals surface area (Å²) in [7, 11) is 0. The van der Waals surface area contributed by atoms with Crippen LogP contribution in [0.5, 0.6) is 0 Å². The number of aliphatic hydroxyl groups excluding tert-OH is 9. The van der Waals surface area contributed by atoms with Gasteiger partial charge >= 0.3 is 5.97 Å². The van der Waals surface area contributed by atoms with E-state index < -0.39 is 128 Å². The number of carbonyl (C=O) groups is 1. The molecule has 0 aromatic carbocycles. The molecule has 0 bridgehead atoms. The smallest absolute Gasteiger partial charge is 0.310 e. The third-order valence-corrected chi connectivity index (χ3v) is 19.3. The van der Waals surface area contributed by atoms with Gasteiger partial charge < -0.3 is 79.5 Å². The average Bonchev–Trinajstić information content (AvgIpc) is 3.24. The van der Waals surface area contributed by atoms with Gasteiger partial charge in [-0.3, -0.25) is 4.79 Å². The molecule has 8 aliphatic rings. The minimum absolute atomic E-state index is 0.0261. The quantitative estimate of drug-likeness (QED) is 0.117. The van der Waals surface area contributed by atoms with Crippen LogP contribution in [0.15, 0.2) is 11.6 Å². The number of carboxylic acids is 1. The second-order valence-corrected chi connectivity index (χ2v) is 23.5. The molecule has 3 heterocycles. The molecule has 8 rings (SSSR count). The van der Waals surface area contributed by atoms with Crippen molar-refractivity contribution in [3.63, 3.8) is 0 Å². The van der Waals surface area contributed by atoms with Crippen LogP contribution in [0, 0.1) is 50.2 Å². The molecule has 23 unspecified atom stereocenters. The SMILES string of the molecule is CC1OC(OC2C(OCC3OC(OC4CCC5(C)C(CCC6(C)C5CC=C5C7CC(C)(C)CCC7(C(=O)O)CCC56C)C4(C)C)C(O)C(O)C3O)OC(CO)C(O)C2O)C(O)C(O)C1O. The highest BCUT2D eigenvalue weighted by atomic mass is 16.8. The average molecular weight is 927 g/mol. The van der Waals surface area contributed by atoms with Crippen molar-refractivity contribution in [1.82, 2.24) is 0 Å². The van der Waals surface area contributed by atoms with E-state index in [1.165, 1.54) is 12.5 Å². The number of fused-ring (bicyclic) bond motifs is 7. The molecule has 3 saturated heterocycles. The molecule has 10 N–H and O–H groups in total. The van der Waals surface area contributed by atoms with Gasteiger partial charge in [0.25, 0.3) is 0 Å². The molecule has 372 valence electrons. The zero-order valence-electron chi connectivity index (χ0n) is 39.4. The summed E-state index contributed by atoms with van der Waals surface area (Å²) in [6.45, 7) is 16.5. The van der Waals surface area contributed by atoms with E-state index in [0.29, 0.717) is 18.8 Å². The Kier molecular flexibility index (Phi) is 13.4. The van der Waals surface area contributed by atoms with Gasteiger partial charge in [0.2, 0.25) is 0 Å². The lowest BCUT2D eigenvalue weighted by Crippen LogP contribution is -2.66. The van der Waals surface area contributed by atoms with Gasteiger partial charge in [-0.1, -0.05) is 60.1 Å². The first-order chi connectivity index (χ1) is 30.3. The molecule has 0 aromatic heterocycles. The Balaban J connectivity index is 0.972. The van der Waals surface area contributed by atoms with Gasteiger partial charge in [-0.2, -0.15) is 0 Å². The number of hydrogen-bond donors (Lipinski definition) is 10. The van der Waals surface area contributed by atoms with Gasteiger partial charge in [0.1, 0.15) is 67.1 Å². The number of rotatable bonds is 9. The summed E-state index contributed by atoms with van der Waals surface area (Å²) < 4.78 is 35.9. The fraction of sp³-hybridized carbons (Fsp3) is 0.938. The topological polar surface area (TPSA) is 275 Å². The minimum atomic E-state index is -1.77. The molecule has 4 saturated carbocycles. The number of aliphatic carboxylic acids is 1. The lowest BCUT2D eigenvalue weighted by molar-refractivity contribution is -0.373. The molecule has 17 heteroatoms. The summed E-state index contributed by atoms with van der Waals surface area (Å²) in [6.07, 6.45) is -12.7. The van der Waals surface area contributed by atoms with Crippen LogP contribution in [0.25, 0.3) is 0 Å². The molecular formula is C48H78O17. The second-order valence-electron chi connectivity index (χ2n) is 23.5. The van der Waals surface area contributed by atoms with Gasteiger partial charge in [0.15, 0.2) is 18.9 Å². The van der Waals surface area contributed by atoms with Crippen LogP contribution < -0.4 is 0 Å². The first-order valence-corrected chi connectivity index (χ1v) is 24.2. The van der Waals surface area contributed by atoms with E-state index in [9.17, 15) is 55.9 Å². The van der Waals surface area contributed by atoms with Crippen LogP contribution in [-0.4, -0.2) is 168 Å². The number of allylic oxidation sites excluding steroid dienone is 2. The maximum absolute atomic E-state index is 13.1. The number of hydrogen-bond acceptors (Lipinski definition) is 16. The Hall–Kier alpha value is -1.39. The maximum Gasteiger partial charge on any atom is 0.310 e. The Morgan fingerprint density at radius 1 is 0.677 bits per heavy atom. The van der Waals surface area contributed by atoms with Gasteiger partial charge in [-0.05, 0) is 116 Å². The van der Waals surface area contributed by atoms with Crippen molar-refractivity contribution in [1.29, 1.82) is 0 Å². The minimum Gasteiger partial charge on any atom is -0.481 e. The zero-order chi connectivity index (χ0) is 47.6. The molecular weight excluding hydrogens is 849 g/mol. The lowest BCUT2D eigenvalue weighted by Gasteiger charge is -2.71. The van der Waals surface area contributed by atoms with E-state index in [2.05, 4.69) is 54.5 Å². The lowest BCUT2D eigenvalue weighted by atomic mass is 9.33. The van der Waals surface area contributed by atoms with E-state index in [1.807, 2.05) is 0 Å². The van der Waals surface area contributed by atoms with Crippen molar-refractivity contribution in [3.05, 3.63) is 11.6 Å². The monoisotopic (exact) mass is 927 g/mol. The Morgan fingerprint density at radius 3 is 1.95 bits per heavy atom. The maximum atomic E-state index is 13.1. The standard InChI is InChI=1S/C48H78O17/c1-22-30(50)33(53)36(56)39(61-22)65-38-35(55)31(51)25(20-49)62-41(38)60-21-26-32(52)34(54)37(57)40(63-26)64-29-12-13-45(6)27(44(29,4)5)11-14-47(8)28(45)10-9-23-24-19-43(2,3)15-17-48(24,42(58)59)18-16-46(23,47)7/h9,22,24-41,49-57H,10-21H2,1-8H3,(H,58,59). The molecule has 7 fully saturated rings. The molecule has 0 aromatic rings. The van der Waals surface area contributed by atoms with Crippen LogP contribution >= 0.6 is 0 Å². The van der Waals surface area contributed by atoms with Crippen LogP contribution in [0.1, 0.15) is 120 Å². The summed E-state index contributed by atoms with van der Waals surface area (Å²) in [6, 6.07) is 0. The van der Waals surface area contributed by atoms with Crippen molar-refractivity contribution in [3.8, 4) is 0 Å². The van der Waals surface area contributed by atoms with Crippen molar-refractivity contribution in [2.24, 2.45) is 50.2 Å². The van der Waals surface area contributed by atoms with Gasteiger partial charge in [0, 0.05) is 0 Å². The summed E-state index contributed by atoms with van der Waals surface area (Å²) in [5, 5.41) is 107. The molecule has 3 aliphatic heterocycles. The first kappa shape index (κ1) is 50.0. The Bertz CT molecular complexity index is 1780. The predicted molar refractivity (Wildman–Crippen MR) is 229 cm³/mol. The zero-order valence-corrected chi connectivity index (χ0v) is 39.4. The highest BCUT2D eigenvalue weighted by molar-refractivity contribution is 5.76. The molecule has 17 nitrogen and oxygen atoms in total.